The molecule has 0 fully saturated rings. The van der Waals surface area contributed by atoms with Crippen LogP contribution in [0.25, 0.3) is 11.5 Å². The Morgan fingerprint density at radius 2 is 2.36 bits per heavy atom. The fourth-order valence-corrected chi connectivity index (χ4v) is 1.42. The summed E-state index contributed by atoms with van der Waals surface area (Å²) in [6, 6.07) is 3.66. The van der Waals surface area contributed by atoms with Gasteiger partial charge in [-0.05, 0) is 18.6 Å². The van der Waals surface area contributed by atoms with Crippen LogP contribution in [0.15, 0.2) is 27.3 Å². The Kier molecular flexibility index (Phi) is 2.26. The molecule has 0 radical (unpaired) electrons. The second-order valence-electron chi connectivity index (χ2n) is 3.10. The normalized spacial score (nSPS) is 10.6. The quantitative estimate of drug-likeness (QED) is 0.811. The van der Waals surface area contributed by atoms with Gasteiger partial charge >= 0.3 is 0 Å². The van der Waals surface area contributed by atoms with Gasteiger partial charge in [-0.3, -0.25) is 0 Å². The van der Waals surface area contributed by atoms with Gasteiger partial charge in [0.2, 0.25) is 5.88 Å². The summed E-state index contributed by atoms with van der Waals surface area (Å²) in [6.07, 6.45) is 3.46. The predicted octanol–water partition coefficient (Wildman–Crippen LogP) is 2.47. The molecule has 2 heterocycles. The molecule has 2 N–H and O–H groups in total. The lowest BCUT2D eigenvalue weighted by molar-refractivity contribution is 0.435. The van der Waals surface area contributed by atoms with Crippen molar-refractivity contribution < 1.29 is 8.94 Å². The van der Waals surface area contributed by atoms with E-state index < -0.39 is 0 Å². The molecule has 0 saturated carbocycles. The van der Waals surface area contributed by atoms with Crippen molar-refractivity contribution in [2.45, 2.75) is 19.8 Å². The minimum absolute atomic E-state index is 0.387. The van der Waals surface area contributed by atoms with Crippen molar-refractivity contribution in [3.63, 3.8) is 0 Å². The van der Waals surface area contributed by atoms with E-state index >= 15 is 0 Å². The Morgan fingerprint density at radius 3 is 3.00 bits per heavy atom. The molecule has 0 spiro atoms. The summed E-state index contributed by atoms with van der Waals surface area (Å²) in [5, 5.41) is 3.88. The summed E-state index contributed by atoms with van der Waals surface area (Å²) in [5.41, 5.74) is 7.31. The van der Waals surface area contributed by atoms with Crippen molar-refractivity contribution in [2.75, 3.05) is 5.73 Å². The van der Waals surface area contributed by atoms with Crippen LogP contribution in [0.2, 0.25) is 0 Å². The zero-order valence-electron chi connectivity index (χ0n) is 7.99. The average molecular weight is 192 g/mol. The smallest absolute Gasteiger partial charge is 0.226 e. The lowest BCUT2D eigenvalue weighted by atomic mass is 10.1. The summed E-state index contributed by atoms with van der Waals surface area (Å²) < 4.78 is 10.2. The highest BCUT2D eigenvalue weighted by Crippen LogP contribution is 2.28. The molecule has 74 valence electrons. The average Bonchev–Trinajstić information content (AvgIpc) is 2.77. The third-order valence-electron chi connectivity index (χ3n) is 2.07. The van der Waals surface area contributed by atoms with E-state index in [0.29, 0.717) is 17.3 Å². The first-order valence-electron chi connectivity index (χ1n) is 4.60. The first-order valence-corrected chi connectivity index (χ1v) is 4.60. The number of anilines is 1. The van der Waals surface area contributed by atoms with Gasteiger partial charge in [0, 0.05) is 5.56 Å². The maximum atomic E-state index is 5.66. The zero-order chi connectivity index (χ0) is 9.97. The minimum atomic E-state index is 0.387. The van der Waals surface area contributed by atoms with E-state index in [-0.39, 0.29) is 0 Å². The molecule has 0 amide bonds. The van der Waals surface area contributed by atoms with Crippen molar-refractivity contribution >= 4 is 5.88 Å². The molecule has 2 rings (SSSR count). The van der Waals surface area contributed by atoms with Crippen molar-refractivity contribution in [3.05, 3.63) is 24.0 Å². The number of furan rings is 1. The van der Waals surface area contributed by atoms with Gasteiger partial charge in [-0.1, -0.05) is 18.5 Å². The van der Waals surface area contributed by atoms with Crippen LogP contribution in [-0.2, 0) is 6.42 Å². The maximum absolute atomic E-state index is 5.66. The van der Waals surface area contributed by atoms with E-state index in [1.807, 2.05) is 12.1 Å². The van der Waals surface area contributed by atoms with Crippen LogP contribution in [0.3, 0.4) is 0 Å². The summed E-state index contributed by atoms with van der Waals surface area (Å²) in [6.45, 7) is 2.08. The molecule has 0 aromatic carbocycles. The molecule has 0 bridgehead atoms. The number of nitrogens with zero attached hydrogens (tertiary/aromatic N) is 1. The van der Waals surface area contributed by atoms with E-state index in [4.69, 9.17) is 14.7 Å². The molecule has 14 heavy (non-hydrogen) atoms. The number of hydrogen-bond acceptors (Lipinski definition) is 4. The van der Waals surface area contributed by atoms with Crippen LogP contribution >= 0.6 is 0 Å². The second kappa shape index (κ2) is 3.57. The van der Waals surface area contributed by atoms with Crippen molar-refractivity contribution in [1.29, 1.82) is 0 Å². The number of aromatic nitrogens is 1. The monoisotopic (exact) mass is 192 g/mol. The van der Waals surface area contributed by atoms with Crippen LogP contribution in [0.1, 0.15) is 18.9 Å². The maximum Gasteiger partial charge on any atom is 0.226 e. The third-order valence-corrected chi connectivity index (χ3v) is 2.07. The zero-order valence-corrected chi connectivity index (χ0v) is 7.99. The Bertz CT molecular complexity index is 404. The molecular formula is C10H12N2O2. The van der Waals surface area contributed by atoms with Crippen LogP contribution in [0.4, 0.5) is 5.88 Å². The first kappa shape index (κ1) is 8.87. The molecule has 2 aromatic rings. The SMILES string of the molecule is CCCc1c(-c2ccco2)noc1N. The summed E-state index contributed by atoms with van der Waals surface area (Å²) in [5.74, 6) is 1.09. The van der Waals surface area contributed by atoms with Crippen molar-refractivity contribution in [2.24, 2.45) is 0 Å². The van der Waals surface area contributed by atoms with E-state index in [2.05, 4.69) is 12.1 Å². The molecule has 4 heteroatoms. The topological polar surface area (TPSA) is 65.2 Å². The standard InChI is InChI=1S/C10H12N2O2/c1-2-4-7-9(12-14-10(7)11)8-5-3-6-13-8/h3,5-6H,2,4,11H2,1H3. The fraction of sp³-hybridized carbons (Fsp3) is 0.300. The molecule has 2 aromatic heterocycles. The van der Waals surface area contributed by atoms with Gasteiger partial charge in [0.1, 0.15) is 0 Å². The van der Waals surface area contributed by atoms with E-state index in [1.54, 1.807) is 6.26 Å². The van der Waals surface area contributed by atoms with E-state index in [1.165, 1.54) is 0 Å². The van der Waals surface area contributed by atoms with Gasteiger partial charge in [0.05, 0.1) is 6.26 Å². The summed E-state index contributed by atoms with van der Waals surface area (Å²) in [4.78, 5) is 0. The van der Waals surface area contributed by atoms with Crippen LogP contribution in [-0.4, -0.2) is 5.16 Å². The first-order chi connectivity index (χ1) is 6.83. The number of rotatable bonds is 3. The molecular weight excluding hydrogens is 180 g/mol. The Hall–Kier alpha value is -1.71. The van der Waals surface area contributed by atoms with E-state index in [9.17, 15) is 0 Å². The van der Waals surface area contributed by atoms with Crippen molar-refractivity contribution in [1.82, 2.24) is 5.16 Å². The largest absolute Gasteiger partial charge is 0.463 e. The molecule has 0 aliphatic heterocycles. The molecule has 0 aliphatic rings. The Balaban J connectivity index is 2.43. The second-order valence-corrected chi connectivity index (χ2v) is 3.10. The molecule has 4 nitrogen and oxygen atoms in total. The Morgan fingerprint density at radius 1 is 1.50 bits per heavy atom. The van der Waals surface area contributed by atoms with Gasteiger partial charge in [0.15, 0.2) is 11.5 Å². The summed E-state index contributed by atoms with van der Waals surface area (Å²) >= 11 is 0. The lowest BCUT2D eigenvalue weighted by Crippen LogP contribution is -1.91. The molecule has 0 aliphatic carbocycles. The fourth-order valence-electron chi connectivity index (χ4n) is 1.42. The van der Waals surface area contributed by atoms with Gasteiger partial charge < -0.3 is 14.7 Å². The molecule has 0 unspecified atom stereocenters. The summed E-state index contributed by atoms with van der Waals surface area (Å²) in [7, 11) is 0. The van der Waals surface area contributed by atoms with Gasteiger partial charge in [0.25, 0.3) is 0 Å². The predicted molar refractivity (Wildman–Crippen MR) is 52.6 cm³/mol. The van der Waals surface area contributed by atoms with Crippen LogP contribution in [0.5, 0.6) is 0 Å². The highest BCUT2D eigenvalue weighted by molar-refractivity contribution is 5.62. The van der Waals surface area contributed by atoms with Crippen LogP contribution < -0.4 is 5.73 Å². The molecule has 0 atom stereocenters. The number of hydrogen-bond donors (Lipinski definition) is 1. The molecule has 0 saturated heterocycles. The number of nitrogens with two attached hydrogens (primary N) is 1. The van der Waals surface area contributed by atoms with Crippen molar-refractivity contribution in [3.8, 4) is 11.5 Å². The van der Waals surface area contributed by atoms with Crippen LogP contribution in [0, 0.1) is 0 Å². The highest BCUT2D eigenvalue weighted by Gasteiger charge is 2.16. The lowest BCUT2D eigenvalue weighted by Gasteiger charge is -1.96. The number of nitrogen functional groups attached to an aromatic ring is 1. The Labute approximate surface area is 81.7 Å². The minimum Gasteiger partial charge on any atom is -0.463 e. The van der Waals surface area contributed by atoms with Gasteiger partial charge in [-0.15, -0.1) is 0 Å². The third kappa shape index (κ3) is 1.39. The van der Waals surface area contributed by atoms with Gasteiger partial charge in [-0.2, -0.15) is 0 Å². The highest BCUT2D eigenvalue weighted by atomic mass is 16.5. The van der Waals surface area contributed by atoms with Gasteiger partial charge in [-0.25, -0.2) is 0 Å². The van der Waals surface area contributed by atoms with E-state index in [0.717, 1.165) is 18.4 Å².